The molecular formula is C10H11N3O3. The highest BCUT2D eigenvalue weighted by molar-refractivity contribution is 5.19. The minimum absolute atomic E-state index is 0.283. The summed E-state index contributed by atoms with van der Waals surface area (Å²) in [6.07, 6.45) is 4.62. The fourth-order valence-corrected chi connectivity index (χ4v) is 1.56. The van der Waals surface area contributed by atoms with Gasteiger partial charge in [0.2, 0.25) is 0 Å². The molecule has 1 aliphatic rings. The predicted octanol–water partition coefficient (Wildman–Crippen LogP) is 0.940. The maximum atomic E-state index is 10.4. The average Bonchev–Trinajstić information content (AvgIpc) is 2.66. The molecule has 1 aromatic heterocycles. The maximum Gasteiger partial charge on any atom is 0.257 e. The quantitative estimate of drug-likeness (QED) is 0.607. The number of pyridine rings is 1. The van der Waals surface area contributed by atoms with E-state index < -0.39 is 4.92 Å². The van der Waals surface area contributed by atoms with Gasteiger partial charge in [0.05, 0.1) is 11.1 Å². The third kappa shape index (κ3) is 2.47. The van der Waals surface area contributed by atoms with Crippen LogP contribution >= 0.6 is 0 Å². The number of hydrogen-bond acceptors (Lipinski definition) is 5. The number of hydrogen-bond donors (Lipinski definition) is 1. The SMILES string of the molecule is O=[N+]([O-])/C=C1\NCCC1Oc1cccnc1. The monoisotopic (exact) mass is 221 g/mol. The van der Waals surface area contributed by atoms with Crippen molar-refractivity contribution < 1.29 is 9.66 Å². The Labute approximate surface area is 92.1 Å². The van der Waals surface area contributed by atoms with Crippen molar-refractivity contribution in [1.29, 1.82) is 0 Å². The van der Waals surface area contributed by atoms with Gasteiger partial charge in [0.1, 0.15) is 17.6 Å². The van der Waals surface area contributed by atoms with Crippen molar-refractivity contribution in [3.05, 3.63) is 46.5 Å². The van der Waals surface area contributed by atoms with Crippen LogP contribution in [-0.2, 0) is 0 Å². The number of aromatic nitrogens is 1. The number of nitrogens with zero attached hydrogens (tertiary/aromatic N) is 2. The Hall–Kier alpha value is -2.11. The first-order chi connectivity index (χ1) is 7.75. The number of nitrogens with one attached hydrogen (secondary N) is 1. The van der Waals surface area contributed by atoms with Gasteiger partial charge in [-0.2, -0.15) is 0 Å². The zero-order valence-electron chi connectivity index (χ0n) is 8.50. The van der Waals surface area contributed by atoms with E-state index in [1.165, 1.54) is 0 Å². The highest BCUT2D eigenvalue weighted by Gasteiger charge is 2.25. The van der Waals surface area contributed by atoms with Crippen LogP contribution in [0.1, 0.15) is 6.42 Å². The van der Waals surface area contributed by atoms with Crippen LogP contribution in [0.5, 0.6) is 5.75 Å². The van der Waals surface area contributed by atoms with Gasteiger partial charge in [-0.25, -0.2) is 0 Å². The van der Waals surface area contributed by atoms with Crippen molar-refractivity contribution in [2.45, 2.75) is 12.5 Å². The van der Waals surface area contributed by atoms with E-state index in [4.69, 9.17) is 4.74 Å². The summed E-state index contributed by atoms with van der Waals surface area (Å²) in [6, 6.07) is 3.53. The van der Waals surface area contributed by atoms with E-state index in [-0.39, 0.29) is 6.10 Å². The van der Waals surface area contributed by atoms with E-state index in [1.54, 1.807) is 24.5 Å². The molecular weight excluding hydrogens is 210 g/mol. The lowest BCUT2D eigenvalue weighted by Crippen LogP contribution is -2.18. The minimum atomic E-state index is -0.479. The molecule has 0 amide bonds. The molecule has 0 bridgehead atoms. The van der Waals surface area contributed by atoms with Gasteiger partial charge in [-0.05, 0) is 12.1 Å². The number of nitro groups is 1. The van der Waals surface area contributed by atoms with Crippen LogP contribution in [-0.4, -0.2) is 22.6 Å². The molecule has 2 heterocycles. The van der Waals surface area contributed by atoms with Gasteiger partial charge >= 0.3 is 0 Å². The van der Waals surface area contributed by atoms with Crippen LogP contribution in [0.2, 0.25) is 0 Å². The Kier molecular flexibility index (Phi) is 3.00. The van der Waals surface area contributed by atoms with E-state index in [0.717, 1.165) is 6.20 Å². The largest absolute Gasteiger partial charge is 0.482 e. The molecule has 1 N–H and O–H groups in total. The standard InChI is InChI=1S/C10H11N3O3/c14-13(15)7-9-10(3-5-12-9)16-8-2-1-4-11-6-8/h1-2,4,6-7,10,12H,3,5H2/b9-7-. The summed E-state index contributed by atoms with van der Waals surface area (Å²) in [7, 11) is 0. The summed E-state index contributed by atoms with van der Waals surface area (Å²) in [4.78, 5) is 13.8. The summed E-state index contributed by atoms with van der Waals surface area (Å²) >= 11 is 0. The molecule has 0 radical (unpaired) electrons. The molecule has 0 spiro atoms. The van der Waals surface area contributed by atoms with E-state index in [9.17, 15) is 10.1 Å². The van der Waals surface area contributed by atoms with Crippen LogP contribution in [0.25, 0.3) is 0 Å². The summed E-state index contributed by atoms with van der Waals surface area (Å²) in [5.41, 5.74) is 0.508. The molecule has 0 saturated carbocycles. The molecule has 2 rings (SSSR count). The highest BCUT2D eigenvalue weighted by Crippen LogP contribution is 2.18. The van der Waals surface area contributed by atoms with E-state index in [0.29, 0.717) is 24.4 Å². The van der Waals surface area contributed by atoms with Crippen molar-refractivity contribution >= 4 is 0 Å². The van der Waals surface area contributed by atoms with Gasteiger partial charge in [-0.1, -0.05) is 0 Å². The van der Waals surface area contributed by atoms with E-state index in [2.05, 4.69) is 10.3 Å². The van der Waals surface area contributed by atoms with E-state index in [1.807, 2.05) is 0 Å². The Morgan fingerprint density at radius 3 is 3.25 bits per heavy atom. The van der Waals surface area contributed by atoms with Crippen LogP contribution in [0.4, 0.5) is 0 Å². The van der Waals surface area contributed by atoms with E-state index >= 15 is 0 Å². The molecule has 1 aromatic rings. The average molecular weight is 221 g/mol. The maximum absolute atomic E-state index is 10.4. The third-order valence-corrected chi connectivity index (χ3v) is 2.24. The highest BCUT2D eigenvalue weighted by atomic mass is 16.6. The molecule has 6 nitrogen and oxygen atoms in total. The molecule has 1 fully saturated rings. The van der Waals surface area contributed by atoms with Crippen LogP contribution in [0.15, 0.2) is 36.4 Å². The van der Waals surface area contributed by atoms with Crippen molar-refractivity contribution in [2.75, 3.05) is 6.54 Å². The van der Waals surface area contributed by atoms with Crippen molar-refractivity contribution in [3.63, 3.8) is 0 Å². The summed E-state index contributed by atoms with van der Waals surface area (Å²) < 4.78 is 5.59. The smallest absolute Gasteiger partial charge is 0.257 e. The van der Waals surface area contributed by atoms with Gasteiger partial charge in [0.15, 0.2) is 0 Å². The second-order valence-electron chi connectivity index (χ2n) is 3.38. The van der Waals surface area contributed by atoms with Crippen LogP contribution in [0.3, 0.4) is 0 Å². The Balaban J connectivity index is 2.07. The number of ether oxygens (including phenoxy) is 1. The van der Waals surface area contributed by atoms with Gasteiger partial charge in [-0.3, -0.25) is 15.1 Å². The zero-order chi connectivity index (χ0) is 11.4. The predicted molar refractivity (Wildman–Crippen MR) is 56.4 cm³/mol. The molecule has 0 aromatic carbocycles. The summed E-state index contributed by atoms with van der Waals surface area (Å²) in [5, 5.41) is 13.3. The Morgan fingerprint density at radius 2 is 2.56 bits per heavy atom. The molecule has 84 valence electrons. The zero-order valence-corrected chi connectivity index (χ0v) is 8.50. The van der Waals surface area contributed by atoms with Gasteiger partial charge in [0, 0.05) is 19.2 Å². The molecule has 16 heavy (non-hydrogen) atoms. The normalized spacial score (nSPS) is 21.8. The van der Waals surface area contributed by atoms with Crippen molar-refractivity contribution in [2.24, 2.45) is 0 Å². The first kappa shape index (κ1) is 10.4. The minimum Gasteiger partial charge on any atom is -0.482 e. The lowest BCUT2D eigenvalue weighted by Gasteiger charge is -2.12. The molecule has 1 unspecified atom stereocenters. The summed E-state index contributed by atoms with van der Waals surface area (Å²) in [6.45, 7) is 0.685. The molecule has 1 aliphatic heterocycles. The lowest BCUT2D eigenvalue weighted by molar-refractivity contribution is -0.404. The first-order valence-electron chi connectivity index (χ1n) is 4.91. The molecule has 0 aliphatic carbocycles. The molecule has 6 heteroatoms. The van der Waals surface area contributed by atoms with Gasteiger partial charge in [0.25, 0.3) is 6.20 Å². The number of rotatable bonds is 3. The lowest BCUT2D eigenvalue weighted by atomic mass is 10.2. The molecule has 1 saturated heterocycles. The molecule has 1 atom stereocenters. The summed E-state index contributed by atoms with van der Waals surface area (Å²) in [5.74, 6) is 0.616. The fourth-order valence-electron chi connectivity index (χ4n) is 1.56. The van der Waals surface area contributed by atoms with Gasteiger partial charge < -0.3 is 10.1 Å². The van der Waals surface area contributed by atoms with Crippen LogP contribution in [0, 0.1) is 10.1 Å². The fraction of sp³-hybridized carbons (Fsp3) is 0.300. The van der Waals surface area contributed by atoms with Crippen molar-refractivity contribution in [3.8, 4) is 5.75 Å². The first-order valence-corrected chi connectivity index (χ1v) is 4.91. The third-order valence-electron chi connectivity index (χ3n) is 2.24. The second-order valence-corrected chi connectivity index (χ2v) is 3.38. The topological polar surface area (TPSA) is 77.3 Å². The van der Waals surface area contributed by atoms with Crippen molar-refractivity contribution in [1.82, 2.24) is 10.3 Å². The Morgan fingerprint density at radius 1 is 1.69 bits per heavy atom. The van der Waals surface area contributed by atoms with Gasteiger partial charge in [-0.15, -0.1) is 0 Å². The Bertz CT molecular complexity index is 405. The van der Waals surface area contributed by atoms with Crippen LogP contribution < -0.4 is 10.1 Å². The second kappa shape index (κ2) is 4.61.